The highest BCUT2D eigenvalue weighted by Gasteiger charge is 2.42. The third kappa shape index (κ3) is 2.60. The van der Waals surface area contributed by atoms with E-state index in [-0.39, 0.29) is 25.4 Å². The molecule has 0 aliphatic carbocycles. The summed E-state index contributed by atoms with van der Waals surface area (Å²) in [5, 5.41) is 2.35. The molecule has 0 radical (unpaired) electrons. The van der Waals surface area contributed by atoms with Crippen LogP contribution in [-0.4, -0.2) is 42.7 Å². The molecule has 82 valence electrons. The summed E-state index contributed by atoms with van der Waals surface area (Å²) in [7, 11) is 0. The third-order valence-corrected chi connectivity index (χ3v) is 2.23. The Labute approximate surface area is 80.3 Å². The molecule has 0 spiro atoms. The molecule has 1 amide bonds. The Hall–Kier alpha value is -0.780. The number of halogens is 3. The maximum Gasteiger partial charge on any atom is 0.405 e. The monoisotopic (exact) mass is 210 g/mol. The van der Waals surface area contributed by atoms with E-state index in [0.29, 0.717) is 6.54 Å². The van der Waals surface area contributed by atoms with Gasteiger partial charge in [-0.3, -0.25) is 4.79 Å². The first-order valence-corrected chi connectivity index (χ1v) is 4.53. The molecule has 0 saturated carbocycles. The molecule has 0 unspecified atom stereocenters. The maximum atomic E-state index is 12.3. The van der Waals surface area contributed by atoms with Crippen molar-refractivity contribution in [2.75, 3.05) is 19.6 Å². The first kappa shape index (κ1) is 11.3. The van der Waals surface area contributed by atoms with Crippen molar-refractivity contribution >= 4 is 5.91 Å². The average molecular weight is 210 g/mol. The molecule has 0 bridgehead atoms. The number of carbonyl (C=O) groups is 1. The number of alkyl halides is 3. The van der Waals surface area contributed by atoms with Crippen LogP contribution in [0, 0.1) is 0 Å². The molecule has 0 aromatic rings. The number of nitrogens with one attached hydrogen (secondary N) is 1. The number of hydrogen-bond donors (Lipinski definition) is 1. The van der Waals surface area contributed by atoms with Gasteiger partial charge in [-0.2, -0.15) is 13.2 Å². The SMILES string of the molecule is CCC(=O)N1CCN[C@@H](C(F)(F)F)C1. The summed E-state index contributed by atoms with van der Waals surface area (Å²) in [6, 6.07) is -1.58. The zero-order valence-electron chi connectivity index (χ0n) is 7.90. The molecule has 1 heterocycles. The summed E-state index contributed by atoms with van der Waals surface area (Å²) in [5.41, 5.74) is 0. The van der Waals surface area contributed by atoms with Crippen LogP contribution >= 0.6 is 0 Å². The van der Waals surface area contributed by atoms with Crippen molar-refractivity contribution in [1.29, 1.82) is 0 Å². The van der Waals surface area contributed by atoms with E-state index in [1.165, 1.54) is 4.90 Å². The summed E-state index contributed by atoms with van der Waals surface area (Å²) >= 11 is 0. The van der Waals surface area contributed by atoms with E-state index < -0.39 is 12.2 Å². The number of nitrogens with zero attached hydrogens (tertiary/aromatic N) is 1. The highest BCUT2D eigenvalue weighted by molar-refractivity contribution is 5.76. The van der Waals surface area contributed by atoms with Gasteiger partial charge in [0.1, 0.15) is 6.04 Å². The van der Waals surface area contributed by atoms with Crippen LogP contribution in [0.4, 0.5) is 13.2 Å². The van der Waals surface area contributed by atoms with Gasteiger partial charge < -0.3 is 10.2 Å². The molecule has 1 N–H and O–H groups in total. The lowest BCUT2D eigenvalue weighted by molar-refractivity contribution is -0.168. The van der Waals surface area contributed by atoms with Crippen molar-refractivity contribution in [2.45, 2.75) is 25.6 Å². The van der Waals surface area contributed by atoms with E-state index in [1.54, 1.807) is 6.92 Å². The average Bonchev–Trinajstić information content (AvgIpc) is 2.15. The Bertz CT molecular complexity index is 217. The lowest BCUT2D eigenvalue weighted by atomic mass is 10.2. The molecule has 1 atom stereocenters. The summed E-state index contributed by atoms with van der Waals surface area (Å²) < 4.78 is 36.8. The van der Waals surface area contributed by atoms with Gasteiger partial charge >= 0.3 is 6.18 Å². The molecule has 1 aliphatic heterocycles. The van der Waals surface area contributed by atoms with Crippen LogP contribution in [-0.2, 0) is 4.79 Å². The van der Waals surface area contributed by atoms with E-state index in [4.69, 9.17) is 0 Å². The van der Waals surface area contributed by atoms with Crippen LogP contribution in [0.15, 0.2) is 0 Å². The number of hydrogen-bond acceptors (Lipinski definition) is 2. The topological polar surface area (TPSA) is 32.3 Å². The van der Waals surface area contributed by atoms with Gasteiger partial charge in [-0.05, 0) is 0 Å². The van der Waals surface area contributed by atoms with Gasteiger partial charge in [0.25, 0.3) is 0 Å². The minimum Gasteiger partial charge on any atom is -0.340 e. The van der Waals surface area contributed by atoms with Crippen molar-refractivity contribution in [3.05, 3.63) is 0 Å². The minimum atomic E-state index is -4.27. The number of piperazine rings is 1. The van der Waals surface area contributed by atoms with Crippen LogP contribution in [0.2, 0.25) is 0 Å². The first-order chi connectivity index (χ1) is 6.45. The highest BCUT2D eigenvalue weighted by atomic mass is 19.4. The molecular weight excluding hydrogens is 197 g/mol. The van der Waals surface area contributed by atoms with Gasteiger partial charge in [0.15, 0.2) is 0 Å². The lowest BCUT2D eigenvalue weighted by Crippen LogP contribution is -2.58. The Morgan fingerprint density at radius 1 is 1.57 bits per heavy atom. The highest BCUT2D eigenvalue weighted by Crippen LogP contribution is 2.22. The summed E-state index contributed by atoms with van der Waals surface area (Å²) in [6.45, 7) is 1.94. The molecule has 6 heteroatoms. The van der Waals surface area contributed by atoms with Crippen molar-refractivity contribution in [3.8, 4) is 0 Å². The van der Waals surface area contributed by atoms with Gasteiger partial charge in [-0.25, -0.2) is 0 Å². The quantitative estimate of drug-likeness (QED) is 0.693. The Kier molecular flexibility index (Phi) is 3.36. The van der Waals surface area contributed by atoms with Crippen molar-refractivity contribution in [3.63, 3.8) is 0 Å². The Morgan fingerprint density at radius 3 is 2.71 bits per heavy atom. The Balaban J connectivity index is 2.56. The van der Waals surface area contributed by atoms with E-state index >= 15 is 0 Å². The molecule has 1 fully saturated rings. The largest absolute Gasteiger partial charge is 0.405 e. The zero-order chi connectivity index (χ0) is 10.8. The standard InChI is InChI=1S/C8H13F3N2O/c1-2-7(14)13-4-3-12-6(5-13)8(9,10)11/h6,12H,2-5H2,1H3/t6-/m1/s1. The minimum absolute atomic E-state index is 0.204. The molecular formula is C8H13F3N2O. The second-order valence-corrected chi connectivity index (χ2v) is 3.24. The van der Waals surface area contributed by atoms with E-state index in [0.717, 1.165) is 0 Å². The molecule has 0 aromatic carbocycles. The normalized spacial score (nSPS) is 23.7. The molecule has 3 nitrogen and oxygen atoms in total. The molecule has 1 rings (SSSR count). The maximum absolute atomic E-state index is 12.3. The zero-order valence-corrected chi connectivity index (χ0v) is 7.90. The predicted octanol–water partition coefficient (Wildman–Crippen LogP) is 0.759. The summed E-state index contributed by atoms with van der Waals surface area (Å²) in [6.07, 6.45) is -4.02. The molecule has 0 aromatic heterocycles. The number of amides is 1. The lowest BCUT2D eigenvalue weighted by Gasteiger charge is -2.34. The van der Waals surface area contributed by atoms with Crippen molar-refractivity contribution < 1.29 is 18.0 Å². The fourth-order valence-corrected chi connectivity index (χ4v) is 1.42. The fourth-order valence-electron chi connectivity index (χ4n) is 1.42. The Morgan fingerprint density at radius 2 is 2.21 bits per heavy atom. The van der Waals surface area contributed by atoms with Crippen LogP contribution in [0.5, 0.6) is 0 Å². The van der Waals surface area contributed by atoms with Crippen LogP contribution < -0.4 is 5.32 Å². The smallest absolute Gasteiger partial charge is 0.340 e. The first-order valence-electron chi connectivity index (χ1n) is 4.53. The molecule has 14 heavy (non-hydrogen) atoms. The third-order valence-electron chi connectivity index (χ3n) is 2.23. The van der Waals surface area contributed by atoms with Gasteiger partial charge in [-0.15, -0.1) is 0 Å². The van der Waals surface area contributed by atoms with Crippen molar-refractivity contribution in [2.24, 2.45) is 0 Å². The number of rotatable bonds is 1. The van der Waals surface area contributed by atoms with E-state index in [1.807, 2.05) is 0 Å². The second kappa shape index (κ2) is 4.16. The van der Waals surface area contributed by atoms with Gasteiger partial charge in [0.2, 0.25) is 5.91 Å². The van der Waals surface area contributed by atoms with Crippen LogP contribution in [0.3, 0.4) is 0 Å². The van der Waals surface area contributed by atoms with Gasteiger partial charge in [0.05, 0.1) is 0 Å². The number of carbonyl (C=O) groups excluding carboxylic acids is 1. The summed E-state index contributed by atoms with van der Waals surface area (Å²) in [4.78, 5) is 12.4. The van der Waals surface area contributed by atoms with Gasteiger partial charge in [0, 0.05) is 26.1 Å². The van der Waals surface area contributed by atoms with E-state index in [9.17, 15) is 18.0 Å². The molecule has 1 saturated heterocycles. The van der Waals surface area contributed by atoms with E-state index in [2.05, 4.69) is 5.32 Å². The van der Waals surface area contributed by atoms with Crippen LogP contribution in [0.1, 0.15) is 13.3 Å². The van der Waals surface area contributed by atoms with Gasteiger partial charge in [-0.1, -0.05) is 6.92 Å². The van der Waals surface area contributed by atoms with Crippen molar-refractivity contribution in [1.82, 2.24) is 10.2 Å². The second-order valence-electron chi connectivity index (χ2n) is 3.24. The van der Waals surface area contributed by atoms with Crippen LogP contribution in [0.25, 0.3) is 0 Å². The summed E-state index contributed by atoms with van der Waals surface area (Å²) in [5.74, 6) is -0.222. The predicted molar refractivity (Wildman–Crippen MR) is 44.7 cm³/mol. The fraction of sp³-hybridized carbons (Fsp3) is 0.875. The molecule has 1 aliphatic rings.